The second-order valence-electron chi connectivity index (χ2n) is 11.1. The van der Waals surface area contributed by atoms with E-state index < -0.39 is 6.03 Å². The fourth-order valence-electron chi connectivity index (χ4n) is 5.17. The Morgan fingerprint density at radius 1 is 0.952 bits per heavy atom. The normalized spacial score (nSPS) is 11.3. The highest BCUT2D eigenvalue weighted by Crippen LogP contribution is 2.36. The van der Waals surface area contributed by atoms with Crippen LogP contribution in [0.3, 0.4) is 0 Å². The van der Waals surface area contributed by atoms with Crippen LogP contribution in [-0.2, 0) is 6.54 Å². The molecule has 8 nitrogen and oxygen atoms in total. The van der Waals surface area contributed by atoms with Crippen LogP contribution in [0.15, 0.2) is 65.6 Å². The van der Waals surface area contributed by atoms with Crippen molar-refractivity contribution >= 4 is 28.4 Å². The average molecular weight is 571 g/mol. The van der Waals surface area contributed by atoms with E-state index in [1.54, 1.807) is 10.8 Å². The Labute approximate surface area is 247 Å². The molecule has 0 unspecified atom stereocenters. The summed E-state index contributed by atoms with van der Waals surface area (Å²) in [5, 5.41) is 16.0. The van der Waals surface area contributed by atoms with E-state index in [1.165, 1.54) is 0 Å². The van der Waals surface area contributed by atoms with Gasteiger partial charge >= 0.3 is 6.03 Å². The van der Waals surface area contributed by atoms with Gasteiger partial charge in [0.25, 0.3) is 5.56 Å². The zero-order chi connectivity index (χ0) is 30.2. The predicted octanol–water partition coefficient (Wildman–Crippen LogP) is 7.52. The van der Waals surface area contributed by atoms with E-state index in [9.17, 15) is 9.59 Å². The highest BCUT2D eigenvalue weighted by atomic mass is 16.5. The number of benzene rings is 2. The van der Waals surface area contributed by atoms with Gasteiger partial charge in [0.2, 0.25) is 0 Å². The van der Waals surface area contributed by atoms with E-state index in [0.717, 1.165) is 40.6 Å². The van der Waals surface area contributed by atoms with Gasteiger partial charge in [-0.1, -0.05) is 71.4 Å². The second-order valence-corrected chi connectivity index (χ2v) is 11.1. The lowest BCUT2D eigenvalue weighted by molar-refractivity contribution is 0.233. The van der Waals surface area contributed by atoms with Gasteiger partial charge < -0.3 is 20.5 Å². The fourth-order valence-corrected chi connectivity index (χ4v) is 5.17. The van der Waals surface area contributed by atoms with E-state index in [-0.39, 0.29) is 29.7 Å². The molecule has 0 radical (unpaired) electrons. The number of fused-ring (bicyclic) bond motifs is 1. The maximum atomic E-state index is 14.1. The number of ether oxygens (including phenoxy) is 1. The molecule has 42 heavy (non-hydrogen) atoms. The van der Waals surface area contributed by atoms with Crippen LogP contribution >= 0.6 is 0 Å². The summed E-state index contributed by atoms with van der Waals surface area (Å²) in [6.07, 6.45) is 3.89. The lowest BCUT2D eigenvalue weighted by Crippen LogP contribution is -2.30. The smallest absolute Gasteiger partial charge is 0.323 e. The average Bonchev–Trinajstić information content (AvgIpc) is 2.97. The predicted molar refractivity (Wildman–Crippen MR) is 171 cm³/mol. The highest BCUT2D eigenvalue weighted by molar-refractivity contribution is 6.07. The van der Waals surface area contributed by atoms with Gasteiger partial charge in [0.1, 0.15) is 17.1 Å². The Kier molecular flexibility index (Phi) is 10.4. The SMILES string of the molecule is CCCCn1c(=O)c(NC(=O)Nc2c(C(C)C)cccc2C(C)C)c(-c2cccc(OCCCO)c2)c2cccnc21. The molecule has 2 aromatic heterocycles. The van der Waals surface area contributed by atoms with Crippen LogP contribution in [0, 0.1) is 0 Å². The molecule has 0 aliphatic carbocycles. The van der Waals surface area contributed by atoms with Gasteiger partial charge in [-0.05, 0) is 59.2 Å². The lowest BCUT2D eigenvalue weighted by Gasteiger charge is -2.22. The van der Waals surface area contributed by atoms with Crippen LogP contribution in [0.2, 0.25) is 0 Å². The number of hydrogen-bond donors (Lipinski definition) is 3. The van der Waals surface area contributed by atoms with Crippen molar-refractivity contribution in [1.29, 1.82) is 0 Å². The zero-order valence-electron chi connectivity index (χ0n) is 25.2. The molecule has 4 rings (SSSR count). The molecule has 0 spiro atoms. The van der Waals surface area contributed by atoms with E-state index in [1.807, 2.05) is 54.6 Å². The molecule has 2 heterocycles. The first kappa shape index (κ1) is 30.8. The summed E-state index contributed by atoms with van der Waals surface area (Å²) >= 11 is 0. The van der Waals surface area contributed by atoms with Gasteiger partial charge in [-0.25, -0.2) is 9.78 Å². The molecule has 4 aromatic rings. The summed E-state index contributed by atoms with van der Waals surface area (Å²) in [4.78, 5) is 32.5. The number of amides is 2. The molecular formula is C34H42N4O4. The second kappa shape index (κ2) is 14.1. The zero-order valence-corrected chi connectivity index (χ0v) is 25.2. The first-order chi connectivity index (χ1) is 20.3. The molecule has 0 aliphatic rings. The first-order valence-electron chi connectivity index (χ1n) is 14.8. The van der Waals surface area contributed by atoms with Crippen LogP contribution in [0.5, 0.6) is 5.75 Å². The molecule has 0 bridgehead atoms. The standard InChI is InChI=1S/C34H42N4O4/c1-6-7-18-38-32-28(16-10-17-35-32)29(24-12-8-13-25(21-24)42-20-11-19-39)31(33(38)40)37-34(41)36-30-26(22(2)3)14-9-15-27(30)23(4)5/h8-10,12-17,21-23,39H,6-7,11,18-20H2,1-5H3,(H2,36,37,41). The Hall–Kier alpha value is -4.17. The number of aromatic nitrogens is 2. The molecule has 0 atom stereocenters. The number of hydrogen-bond acceptors (Lipinski definition) is 5. The molecule has 0 aliphatic heterocycles. The number of urea groups is 1. The van der Waals surface area contributed by atoms with Crippen molar-refractivity contribution in [3.63, 3.8) is 0 Å². The Balaban J connectivity index is 1.87. The number of pyridine rings is 2. The third-order valence-electron chi connectivity index (χ3n) is 7.30. The first-order valence-corrected chi connectivity index (χ1v) is 14.8. The lowest BCUT2D eigenvalue weighted by atomic mass is 9.93. The number of nitrogens with zero attached hydrogens (tertiary/aromatic N) is 2. The van der Waals surface area contributed by atoms with Crippen molar-refractivity contribution in [1.82, 2.24) is 9.55 Å². The number of rotatable bonds is 12. The van der Waals surface area contributed by atoms with E-state index in [0.29, 0.717) is 36.5 Å². The third-order valence-corrected chi connectivity index (χ3v) is 7.30. The molecule has 2 aromatic carbocycles. The van der Waals surface area contributed by atoms with Crippen LogP contribution in [-0.4, -0.2) is 33.9 Å². The number of para-hydroxylation sites is 1. The number of carbonyl (C=O) groups is 1. The summed E-state index contributed by atoms with van der Waals surface area (Å²) in [6.45, 7) is 11.3. The monoisotopic (exact) mass is 570 g/mol. The molecule has 2 amide bonds. The van der Waals surface area contributed by atoms with Crippen molar-refractivity contribution in [3.8, 4) is 16.9 Å². The maximum absolute atomic E-state index is 14.1. The van der Waals surface area contributed by atoms with Gasteiger partial charge in [0.05, 0.1) is 6.61 Å². The molecule has 3 N–H and O–H groups in total. The largest absolute Gasteiger partial charge is 0.493 e. The van der Waals surface area contributed by atoms with Gasteiger partial charge in [-0.2, -0.15) is 0 Å². The number of nitrogens with one attached hydrogen (secondary N) is 2. The number of carbonyl (C=O) groups excluding carboxylic acids is 1. The molecule has 8 heteroatoms. The molecule has 0 fully saturated rings. The van der Waals surface area contributed by atoms with Crippen LogP contribution in [0.4, 0.5) is 16.2 Å². The van der Waals surface area contributed by atoms with E-state index >= 15 is 0 Å². The van der Waals surface area contributed by atoms with Crippen LogP contribution in [0.1, 0.15) is 76.8 Å². The van der Waals surface area contributed by atoms with E-state index in [4.69, 9.17) is 9.84 Å². The van der Waals surface area contributed by atoms with Crippen molar-refractivity contribution in [2.24, 2.45) is 0 Å². The van der Waals surface area contributed by atoms with Gasteiger partial charge in [0.15, 0.2) is 0 Å². The quantitative estimate of drug-likeness (QED) is 0.153. The van der Waals surface area contributed by atoms with Crippen molar-refractivity contribution in [2.45, 2.75) is 72.3 Å². The van der Waals surface area contributed by atoms with Gasteiger partial charge in [-0.15, -0.1) is 0 Å². The van der Waals surface area contributed by atoms with Crippen LogP contribution in [0.25, 0.3) is 22.2 Å². The highest BCUT2D eigenvalue weighted by Gasteiger charge is 2.22. The van der Waals surface area contributed by atoms with Crippen molar-refractivity contribution < 1.29 is 14.6 Å². The number of aliphatic hydroxyl groups excluding tert-OH is 1. The Morgan fingerprint density at radius 3 is 2.31 bits per heavy atom. The summed E-state index contributed by atoms with van der Waals surface area (Å²) in [7, 11) is 0. The fraction of sp³-hybridized carbons (Fsp3) is 0.382. The maximum Gasteiger partial charge on any atom is 0.323 e. The minimum Gasteiger partial charge on any atom is -0.493 e. The Bertz CT molecular complexity index is 1570. The number of aliphatic hydroxyl groups is 1. The number of anilines is 2. The summed E-state index contributed by atoms with van der Waals surface area (Å²) in [5.41, 5.74) is 4.58. The molecule has 0 saturated heterocycles. The van der Waals surface area contributed by atoms with Crippen molar-refractivity contribution in [3.05, 3.63) is 82.3 Å². The summed E-state index contributed by atoms with van der Waals surface area (Å²) < 4.78 is 7.49. The number of aryl methyl sites for hydroxylation is 1. The summed E-state index contributed by atoms with van der Waals surface area (Å²) in [6, 6.07) is 16.8. The van der Waals surface area contributed by atoms with Crippen molar-refractivity contribution in [2.75, 3.05) is 23.8 Å². The van der Waals surface area contributed by atoms with Crippen LogP contribution < -0.4 is 20.9 Å². The minimum absolute atomic E-state index is 0.0353. The van der Waals surface area contributed by atoms with E-state index in [2.05, 4.69) is 50.2 Å². The topological polar surface area (TPSA) is 105 Å². The van der Waals surface area contributed by atoms with Gasteiger partial charge in [-0.3, -0.25) is 9.36 Å². The molecule has 0 saturated carbocycles. The Morgan fingerprint density at radius 2 is 1.64 bits per heavy atom. The molecule has 222 valence electrons. The minimum atomic E-state index is -0.482. The van der Waals surface area contributed by atoms with Gasteiger partial charge in [0, 0.05) is 42.4 Å². The summed E-state index contributed by atoms with van der Waals surface area (Å²) in [5.74, 6) is 0.998. The number of unbranched alkanes of at least 4 members (excludes halogenated alkanes) is 1. The molecular weight excluding hydrogens is 528 g/mol. The third kappa shape index (κ3) is 6.82.